The van der Waals surface area contributed by atoms with Crippen LogP contribution in [-0.2, 0) is 9.53 Å². The Morgan fingerprint density at radius 3 is 2.72 bits per heavy atom. The number of carbonyl (C=O) groups is 2. The number of aromatic hydroxyl groups is 1. The van der Waals surface area contributed by atoms with E-state index in [0.29, 0.717) is 11.1 Å². The third-order valence-electron chi connectivity index (χ3n) is 4.55. The second-order valence-electron chi connectivity index (χ2n) is 5.98. The minimum atomic E-state index is -1.01. The standard InChI is InChI=1S/C19H18O6/c1-10-12(4-3-5-13(10)19(22)23)14-9-17(21)25-18(14)11-6-7-15(20)16(8-11)24-2/h3-8,14,18,20H,9H2,1-2H3,(H,22,23)/t14-,18-/m1/s1. The lowest BCUT2D eigenvalue weighted by molar-refractivity contribution is -0.141. The molecule has 2 N–H and O–H groups in total. The molecule has 2 aromatic carbocycles. The van der Waals surface area contributed by atoms with Crippen LogP contribution in [0.2, 0.25) is 0 Å². The summed E-state index contributed by atoms with van der Waals surface area (Å²) >= 11 is 0. The van der Waals surface area contributed by atoms with Gasteiger partial charge < -0.3 is 19.7 Å². The topological polar surface area (TPSA) is 93.1 Å². The van der Waals surface area contributed by atoms with Crippen LogP contribution in [0.25, 0.3) is 0 Å². The number of methoxy groups -OCH3 is 1. The number of hydrogen-bond donors (Lipinski definition) is 2. The van der Waals surface area contributed by atoms with Gasteiger partial charge in [0.2, 0.25) is 0 Å². The summed E-state index contributed by atoms with van der Waals surface area (Å²) in [5.74, 6) is -1.37. The predicted octanol–water partition coefficient (Wildman–Crippen LogP) is 3.18. The quantitative estimate of drug-likeness (QED) is 0.829. The van der Waals surface area contributed by atoms with Gasteiger partial charge in [-0.3, -0.25) is 4.79 Å². The van der Waals surface area contributed by atoms with E-state index in [-0.39, 0.29) is 35.4 Å². The van der Waals surface area contributed by atoms with Crippen LogP contribution in [0.1, 0.15) is 45.5 Å². The van der Waals surface area contributed by atoms with E-state index in [0.717, 1.165) is 5.56 Å². The fourth-order valence-electron chi connectivity index (χ4n) is 3.29. The lowest BCUT2D eigenvalue weighted by Gasteiger charge is -2.21. The summed E-state index contributed by atoms with van der Waals surface area (Å²) in [5.41, 5.74) is 2.28. The Balaban J connectivity index is 2.05. The summed E-state index contributed by atoms with van der Waals surface area (Å²) in [6.07, 6.45) is -0.401. The molecule has 6 nitrogen and oxygen atoms in total. The third-order valence-corrected chi connectivity index (χ3v) is 4.55. The van der Waals surface area contributed by atoms with Crippen molar-refractivity contribution in [2.45, 2.75) is 25.4 Å². The highest BCUT2D eigenvalue weighted by molar-refractivity contribution is 5.90. The van der Waals surface area contributed by atoms with Gasteiger partial charge in [0.15, 0.2) is 11.5 Å². The fourth-order valence-corrected chi connectivity index (χ4v) is 3.29. The number of ether oxygens (including phenoxy) is 2. The molecule has 1 saturated heterocycles. The summed E-state index contributed by atoms with van der Waals surface area (Å²) in [4.78, 5) is 23.3. The highest BCUT2D eigenvalue weighted by Gasteiger charge is 2.38. The number of benzene rings is 2. The molecule has 0 amide bonds. The molecule has 2 atom stereocenters. The van der Waals surface area contributed by atoms with E-state index in [2.05, 4.69) is 0 Å². The van der Waals surface area contributed by atoms with Gasteiger partial charge in [-0.25, -0.2) is 4.79 Å². The molecule has 130 valence electrons. The van der Waals surface area contributed by atoms with Crippen molar-refractivity contribution in [3.8, 4) is 11.5 Å². The Kier molecular flexibility index (Phi) is 4.35. The molecule has 2 aromatic rings. The number of phenolic OH excluding ortho intramolecular Hbond substituents is 1. The zero-order valence-electron chi connectivity index (χ0n) is 13.9. The maximum Gasteiger partial charge on any atom is 0.335 e. The van der Waals surface area contributed by atoms with Gasteiger partial charge in [-0.15, -0.1) is 0 Å². The summed E-state index contributed by atoms with van der Waals surface area (Å²) < 4.78 is 10.6. The van der Waals surface area contributed by atoms with Crippen molar-refractivity contribution >= 4 is 11.9 Å². The molecule has 0 aliphatic carbocycles. The average molecular weight is 342 g/mol. The molecule has 1 aliphatic heterocycles. The van der Waals surface area contributed by atoms with Crippen LogP contribution in [0.3, 0.4) is 0 Å². The first-order valence-electron chi connectivity index (χ1n) is 7.81. The summed E-state index contributed by atoms with van der Waals surface area (Å²) in [5, 5.41) is 19.1. The number of esters is 1. The lowest BCUT2D eigenvalue weighted by atomic mass is 9.84. The Morgan fingerprint density at radius 2 is 2.04 bits per heavy atom. The van der Waals surface area contributed by atoms with E-state index in [4.69, 9.17) is 9.47 Å². The van der Waals surface area contributed by atoms with Crippen LogP contribution in [-0.4, -0.2) is 29.3 Å². The molecule has 0 saturated carbocycles. The summed E-state index contributed by atoms with van der Waals surface area (Å²) in [6.45, 7) is 1.73. The SMILES string of the molecule is COc1cc([C@H]2OC(=O)C[C@@H]2c2cccc(C(=O)O)c2C)ccc1O. The highest BCUT2D eigenvalue weighted by atomic mass is 16.6. The molecule has 0 unspecified atom stereocenters. The molecule has 0 spiro atoms. The van der Waals surface area contributed by atoms with Crippen LogP contribution < -0.4 is 4.74 Å². The van der Waals surface area contributed by atoms with Crippen molar-refractivity contribution in [3.05, 3.63) is 58.7 Å². The molecule has 1 heterocycles. The number of aromatic carboxylic acids is 1. The number of hydrogen-bond acceptors (Lipinski definition) is 5. The van der Waals surface area contributed by atoms with Gasteiger partial charge in [0, 0.05) is 5.92 Å². The van der Waals surface area contributed by atoms with Crippen molar-refractivity contribution in [2.75, 3.05) is 7.11 Å². The fraction of sp³-hybridized carbons (Fsp3) is 0.263. The molecular formula is C19H18O6. The minimum absolute atomic E-state index is 0.00354. The van der Waals surface area contributed by atoms with Crippen molar-refractivity contribution < 1.29 is 29.3 Å². The van der Waals surface area contributed by atoms with E-state index >= 15 is 0 Å². The van der Waals surface area contributed by atoms with Crippen molar-refractivity contribution in [3.63, 3.8) is 0 Å². The Morgan fingerprint density at radius 1 is 1.28 bits per heavy atom. The lowest BCUT2D eigenvalue weighted by Crippen LogP contribution is -2.10. The molecule has 25 heavy (non-hydrogen) atoms. The number of carboxylic acid groups (broad SMARTS) is 1. The number of carboxylic acids is 1. The zero-order chi connectivity index (χ0) is 18.1. The summed E-state index contributed by atoms with van der Waals surface area (Å²) in [7, 11) is 1.44. The first kappa shape index (κ1) is 16.8. The van der Waals surface area contributed by atoms with E-state index < -0.39 is 12.1 Å². The first-order valence-corrected chi connectivity index (χ1v) is 7.81. The number of carbonyl (C=O) groups excluding carboxylic acids is 1. The van der Waals surface area contributed by atoms with Gasteiger partial charge in [0.1, 0.15) is 6.10 Å². The van der Waals surface area contributed by atoms with E-state index in [1.54, 1.807) is 25.1 Å². The van der Waals surface area contributed by atoms with E-state index in [9.17, 15) is 19.8 Å². The van der Waals surface area contributed by atoms with Gasteiger partial charge in [-0.2, -0.15) is 0 Å². The van der Waals surface area contributed by atoms with Crippen LogP contribution >= 0.6 is 0 Å². The highest BCUT2D eigenvalue weighted by Crippen LogP contribution is 2.45. The van der Waals surface area contributed by atoms with Crippen molar-refractivity contribution in [1.29, 1.82) is 0 Å². The molecule has 3 rings (SSSR count). The molecule has 0 radical (unpaired) electrons. The van der Waals surface area contributed by atoms with Crippen LogP contribution in [0.15, 0.2) is 36.4 Å². The maximum absolute atomic E-state index is 11.9. The molecular weight excluding hydrogens is 324 g/mol. The predicted molar refractivity (Wildman–Crippen MR) is 89.0 cm³/mol. The molecule has 1 fully saturated rings. The average Bonchev–Trinajstić information content (AvgIpc) is 2.96. The largest absolute Gasteiger partial charge is 0.504 e. The second kappa shape index (κ2) is 6.47. The molecule has 1 aliphatic rings. The van der Waals surface area contributed by atoms with Gasteiger partial charge in [0.25, 0.3) is 0 Å². The van der Waals surface area contributed by atoms with E-state index in [1.807, 2.05) is 6.07 Å². The van der Waals surface area contributed by atoms with E-state index in [1.165, 1.54) is 19.2 Å². The molecule has 0 aromatic heterocycles. The molecule has 0 bridgehead atoms. The Bertz CT molecular complexity index is 842. The smallest absolute Gasteiger partial charge is 0.335 e. The molecule has 6 heteroatoms. The summed E-state index contributed by atoms with van der Waals surface area (Å²) in [6, 6.07) is 9.81. The van der Waals surface area contributed by atoms with Crippen molar-refractivity contribution in [1.82, 2.24) is 0 Å². The van der Waals surface area contributed by atoms with Crippen molar-refractivity contribution in [2.24, 2.45) is 0 Å². The van der Waals surface area contributed by atoms with Crippen LogP contribution in [0.4, 0.5) is 0 Å². The van der Waals surface area contributed by atoms with Crippen LogP contribution in [0, 0.1) is 6.92 Å². The number of cyclic esters (lactones) is 1. The first-order chi connectivity index (χ1) is 11.9. The van der Waals surface area contributed by atoms with Gasteiger partial charge in [-0.1, -0.05) is 18.2 Å². The normalized spacial score (nSPS) is 19.5. The Hall–Kier alpha value is -3.02. The number of rotatable bonds is 4. The zero-order valence-corrected chi connectivity index (χ0v) is 13.9. The maximum atomic E-state index is 11.9. The Labute approximate surface area is 144 Å². The minimum Gasteiger partial charge on any atom is -0.504 e. The second-order valence-corrected chi connectivity index (χ2v) is 5.98. The number of phenols is 1. The van der Waals surface area contributed by atoms with Crippen LogP contribution in [0.5, 0.6) is 11.5 Å². The van der Waals surface area contributed by atoms with Gasteiger partial charge >= 0.3 is 11.9 Å². The monoisotopic (exact) mass is 342 g/mol. The van der Waals surface area contributed by atoms with Gasteiger partial charge in [0.05, 0.1) is 19.1 Å². The third kappa shape index (κ3) is 3.03. The van der Waals surface area contributed by atoms with Gasteiger partial charge in [-0.05, 0) is 41.8 Å².